The number of amides is 1. The highest BCUT2D eigenvalue weighted by atomic mass is 16.5. The van der Waals surface area contributed by atoms with Crippen LogP contribution in [-0.4, -0.2) is 63.4 Å². The number of nitrogens with zero attached hydrogens (tertiary/aromatic N) is 4. The number of carbonyl (C=O) groups excluding carboxylic acids is 1. The Kier molecular flexibility index (Phi) is 7.12. The fraction of sp³-hybridized carbons (Fsp3) is 0.448. The van der Waals surface area contributed by atoms with E-state index in [0.717, 1.165) is 54.9 Å². The molecule has 1 fully saturated rings. The summed E-state index contributed by atoms with van der Waals surface area (Å²) in [5.41, 5.74) is 7.67. The third-order valence-electron chi connectivity index (χ3n) is 7.54. The third kappa shape index (κ3) is 5.18. The Morgan fingerprint density at radius 3 is 2.69 bits per heavy atom. The molecule has 1 amide bonds. The number of aliphatic hydroxyl groups excluding tert-OH is 1. The number of aromatic nitrogens is 2. The standard InChI is InChI=1S/C29H36N4O3/c1-20-9-10-23(14-21(20)2)16-31-13-11-27-26(19-31)28(29(35)32-12-5-7-24(34)18-32)30-33(27)17-22-6-4-8-25(15-22)36-3/h4,6,8-10,14-15,24,34H,5,7,11-13,16-19H2,1-3H3/t24-/m0/s1. The van der Waals surface area contributed by atoms with Crippen LogP contribution in [0.1, 0.15) is 56.8 Å². The topological polar surface area (TPSA) is 70.8 Å². The van der Waals surface area contributed by atoms with Crippen LogP contribution in [0.25, 0.3) is 0 Å². The Labute approximate surface area is 213 Å². The average molecular weight is 489 g/mol. The highest BCUT2D eigenvalue weighted by molar-refractivity contribution is 5.94. The number of piperidine rings is 1. The number of rotatable bonds is 6. The fourth-order valence-corrected chi connectivity index (χ4v) is 5.38. The summed E-state index contributed by atoms with van der Waals surface area (Å²) in [6.45, 7) is 8.38. The van der Waals surface area contributed by atoms with Gasteiger partial charge in [-0.05, 0) is 61.1 Å². The summed E-state index contributed by atoms with van der Waals surface area (Å²) in [4.78, 5) is 17.8. The van der Waals surface area contributed by atoms with Crippen LogP contribution in [0, 0.1) is 13.8 Å². The Morgan fingerprint density at radius 1 is 1.08 bits per heavy atom. The van der Waals surface area contributed by atoms with Crippen molar-refractivity contribution in [2.24, 2.45) is 0 Å². The average Bonchev–Trinajstić information content (AvgIpc) is 3.23. The van der Waals surface area contributed by atoms with E-state index in [1.807, 2.05) is 22.9 Å². The number of β-amino-alcohol motifs (C(OH)–C–C–N with tert-alkyl or cyclic N) is 1. The molecule has 1 saturated heterocycles. The lowest BCUT2D eigenvalue weighted by atomic mass is 10.0. The van der Waals surface area contributed by atoms with Crippen LogP contribution in [0.4, 0.5) is 0 Å². The first kappa shape index (κ1) is 24.5. The lowest BCUT2D eigenvalue weighted by Gasteiger charge is -2.31. The molecule has 0 saturated carbocycles. The van der Waals surface area contributed by atoms with Crippen LogP contribution >= 0.6 is 0 Å². The zero-order chi connectivity index (χ0) is 25.2. The maximum atomic E-state index is 13.6. The van der Waals surface area contributed by atoms with Crippen molar-refractivity contribution in [2.75, 3.05) is 26.7 Å². The number of ether oxygens (including phenoxy) is 1. The minimum atomic E-state index is -0.460. The molecule has 36 heavy (non-hydrogen) atoms. The van der Waals surface area contributed by atoms with Crippen molar-refractivity contribution >= 4 is 5.91 Å². The minimum Gasteiger partial charge on any atom is -0.497 e. The van der Waals surface area contributed by atoms with E-state index in [-0.39, 0.29) is 5.91 Å². The maximum Gasteiger partial charge on any atom is 0.274 e. The van der Waals surface area contributed by atoms with E-state index in [2.05, 4.69) is 43.0 Å². The number of aryl methyl sites for hydroxylation is 2. The lowest BCUT2D eigenvalue weighted by Crippen LogP contribution is -2.43. The van der Waals surface area contributed by atoms with Gasteiger partial charge in [-0.3, -0.25) is 14.4 Å². The molecule has 1 atom stereocenters. The van der Waals surface area contributed by atoms with Crippen molar-refractivity contribution in [3.05, 3.63) is 81.7 Å². The number of hydrogen-bond acceptors (Lipinski definition) is 5. The number of fused-ring (bicyclic) bond motifs is 1. The summed E-state index contributed by atoms with van der Waals surface area (Å²) >= 11 is 0. The second-order valence-corrected chi connectivity index (χ2v) is 10.2. The van der Waals surface area contributed by atoms with Crippen molar-refractivity contribution < 1.29 is 14.6 Å². The maximum absolute atomic E-state index is 13.6. The first-order valence-electron chi connectivity index (χ1n) is 12.9. The summed E-state index contributed by atoms with van der Waals surface area (Å²) in [5, 5.41) is 15.1. The van der Waals surface area contributed by atoms with E-state index in [1.54, 1.807) is 12.0 Å². The molecular formula is C29H36N4O3. The van der Waals surface area contributed by atoms with Gasteiger partial charge in [0.05, 0.1) is 19.8 Å². The number of benzene rings is 2. The molecule has 1 aromatic heterocycles. The number of likely N-dealkylation sites (tertiary alicyclic amines) is 1. The van der Waals surface area contributed by atoms with E-state index >= 15 is 0 Å². The molecule has 0 radical (unpaired) electrons. The monoisotopic (exact) mass is 488 g/mol. The minimum absolute atomic E-state index is 0.0672. The van der Waals surface area contributed by atoms with Crippen LogP contribution in [0.3, 0.4) is 0 Å². The van der Waals surface area contributed by atoms with E-state index in [9.17, 15) is 9.90 Å². The van der Waals surface area contributed by atoms with Crippen LogP contribution in [0.15, 0.2) is 42.5 Å². The quantitative estimate of drug-likeness (QED) is 0.573. The van der Waals surface area contributed by atoms with Gasteiger partial charge in [0.2, 0.25) is 0 Å². The molecular weight excluding hydrogens is 452 g/mol. The van der Waals surface area contributed by atoms with Gasteiger partial charge in [0.25, 0.3) is 5.91 Å². The van der Waals surface area contributed by atoms with Gasteiger partial charge in [0, 0.05) is 50.4 Å². The predicted molar refractivity (Wildman–Crippen MR) is 139 cm³/mol. The molecule has 0 spiro atoms. The Bertz CT molecular complexity index is 1250. The fourth-order valence-electron chi connectivity index (χ4n) is 5.38. The summed E-state index contributed by atoms with van der Waals surface area (Å²) in [7, 11) is 1.67. The van der Waals surface area contributed by atoms with Crippen LogP contribution in [-0.2, 0) is 26.1 Å². The number of methoxy groups -OCH3 is 1. The number of carbonyl (C=O) groups is 1. The van der Waals surface area contributed by atoms with Gasteiger partial charge in [-0.15, -0.1) is 0 Å². The second kappa shape index (κ2) is 10.4. The van der Waals surface area contributed by atoms with E-state index in [1.165, 1.54) is 16.7 Å². The highest BCUT2D eigenvalue weighted by Crippen LogP contribution is 2.27. The largest absolute Gasteiger partial charge is 0.497 e. The molecule has 3 heterocycles. The first-order chi connectivity index (χ1) is 17.4. The van der Waals surface area contributed by atoms with E-state index in [4.69, 9.17) is 9.84 Å². The van der Waals surface area contributed by atoms with Crippen LogP contribution < -0.4 is 4.74 Å². The summed E-state index contributed by atoms with van der Waals surface area (Å²) in [6, 6.07) is 14.6. The Balaban J connectivity index is 1.44. The molecule has 2 aromatic carbocycles. The lowest BCUT2D eigenvalue weighted by molar-refractivity contribution is 0.0466. The number of hydrogen-bond donors (Lipinski definition) is 1. The first-order valence-corrected chi connectivity index (χ1v) is 12.9. The molecule has 2 aliphatic heterocycles. The highest BCUT2D eigenvalue weighted by Gasteiger charge is 2.32. The smallest absolute Gasteiger partial charge is 0.274 e. The summed E-state index contributed by atoms with van der Waals surface area (Å²) in [5.74, 6) is 0.745. The molecule has 1 N–H and O–H groups in total. The van der Waals surface area contributed by atoms with Gasteiger partial charge in [-0.1, -0.05) is 30.3 Å². The van der Waals surface area contributed by atoms with Crippen molar-refractivity contribution in [1.82, 2.24) is 19.6 Å². The van der Waals surface area contributed by atoms with E-state index in [0.29, 0.717) is 31.9 Å². The van der Waals surface area contributed by atoms with Crippen molar-refractivity contribution in [2.45, 2.75) is 58.8 Å². The zero-order valence-corrected chi connectivity index (χ0v) is 21.5. The third-order valence-corrected chi connectivity index (χ3v) is 7.54. The second-order valence-electron chi connectivity index (χ2n) is 10.2. The van der Waals surface area contributed by atoms with Crippen molar-refractivity contribution in [3.8, 4) is 5.75 Å². The summed E-state index contributed by atoms with van der Waals surface area (Å²) < 4.78 is 7.41. The Hall–Kier alpha value is -3.16. The van der Waals surface area contributed by atoms with Gasteiger partial charge in [-0.2, -0.15) is 5.10 Å². The molecule has 190 valence electrons. The zero-order valence-electron chi connectivity index (χ0n) is 21.5. The molecule has 0 bridgehead atoms. The number of aliphatic hydroxyl groups is 1. The normalized spacial score (nSPS) is 18.2. The van der Waals surface area contributed by atoms with Gasteiger partial charge in [0.1, 0.15) is 5.75 Å². The van der Waals surface area contributed by atoms with Gasteiger partial charge >= 0.3 is 0 Å². The molecule has 7 nitrogen and oxygen atoms in total. The Morgan fingerprint density at radius 2 is 1.92 bits per heavy atom. The molecule has 0 unspecified atom stereocenters. The molecule has 7 heteroatoms. The molecule has 3 aromatic rings. The summed E-state index contributed by atoms with van der Waals surface area (Å²) in [6.07, 6.45) is 1.94. The van der Waals surface area contributed by atoms with E-state index < -0.39 is 6.10 Å². The van der Waals surface area contributed by atoms with Crippen molar-refractivity contribution in [3.63, 3.8) is 0 Å². The SMILES string of the molecule is COc1cccc(Cn2nc(C(=O)N3CCC[C@H](O)C3)c3c2CCN(Cc2ccc(C)c(C)c2)C3)c1. The van der Waals surface area contributed by atoms with Gasteiger partial charge in [0.15, 0.2) is 5.69 Å². The van der Waals surface area contributed by atoms with Crippen LogP contribution in [0.2, 0.25) is 0 Å². The molecule has 0 aliphatic carbocycles. The predicted octanol–water partition coefficient (Wildman–Crippen LogP) is 3.71. The van der Waals surface area contributed by atoms with Gasteiger partial charge < -0.3 is 14.7 Å². The van der Waals surface area contributed by atoms with Gasteiger partial charge in [-0.25, -0.2) is 0 Å². The van der Waals surface area contributed by atoms with Crippen molar-refractivity contribution in [1.29, 1.82) is 0 Å². The molecule has 5 rings (SSSR count). The molecule has 2 aliphatic rings. The van der Waals surface area contributed by atoms with Crippen LogP contribution in [0.5, 0.6) is 5.75 Å².